The Balaban J connectivity index is 2.43. The second-order valence-electron chi connectivity index (χ2n) is 4.18. The number of allylic oxidation sites excluding steroid dienone is 2. The number of Topliss-reactive ketones (excluding diaryl/α,β-unsaturated/α-hetero) is 1. The number of aliphatic hydroxyl groups is 1. The molecular formula is C11H14O3S. The summed E-state index contributed by atoms with van der Waals surface area (Å²) >= 11 is 0. The summed E-state index contributed by atoms with van der Waals surface area (Å²) in [6.45, 7) is 1.48. The monoisotopic (exact) mass is 226 g/mol. The molecule has 0 amide bonds. The summed E-state index contributed by atoms with van der Waals surface area (Å²) in [6.07, 6.45) is 4.59. The van der Waals surface area contributed by atoms with E-state index in [0.717, 1.165) is 0 Å². The van der Waals surface area contributed by atoms with Crippen molar-refractivity contribution < 1.29 is 14.1 Å². The summed E-state index contributed by atoms with van der Waals surface area (Å²) in [5.74, 6) is 3.73. The molecule has 0 spiro atoms. The Hall–Kier alpha value is -0.870. The van der Waals surface area contributed by atoms with Crippen molar-refractivity contribution in [3.8, 4) is 0 Å². The van der Waals surface area contributed by atoms with Crippen LogP contribution in [0.2, 0.25) is 0 Å². The molecule has 1 aliphatic heterocycles. The van der Waals surface area contributed by atoms with E-state index < -0.39 is 15.6 Å². The molecule has 1 aliphatic carbocycles. The van der Waals surface area contributed by atoms with E-state index in [1.54, 1.807) is 18.2 Å². The van der Waals surface area contributed by atoms with Crippen LogP contribution >= 0.6 is 0 Å². The quantitative estimate of drug-likeness (QED) is 0.647. The fraction of sp³-hybridized carbons (Fsp3) is 0.455. The lowest BCUT2D eigenvalue weighted by Crippen LogP contribution is -2.25. The maximum absolute atomic E-state index is 12.1. The van der Waals surface area contributed by atoms with Crippen molar-refractivity contribution >= 4 is 21.2 Å². The second kappa shape index (κ2) is 3.32. The van der Waals surface area contributed by atoms with Crippen LogP contribution in [0.1, 0.15) is 6.92 Å². The van der Waals surface area contributed by atoms with Crippen molar-refractivity contribution in [1.29, 1.82) is 0 Å². The van der Waals surface area contributed by atoms with Gasteiger partial charge in [-0.3, -0.25) is 9.00 Å². The molecule has 0 bridgehead atoms. The predicted octanol–water partition coefficient (Wildman–Crippen LogP) is 0.147. The van der Waals surface area contributed by atoms with Crippen LogP contribution in [-0.2, 0) is 14.3 Å². The van der Waals surface area contributed by atoms with Gasteiger partial charge in [0.2, 0.25) is 0 Å². The van der Waals surface area contributed by atoms with Gasteiger partial charge in [-0.1, -0.05) is 18.2 Å². The highest BCUT2D eigenvalue weighted by atomic mass is 32.2. The van der Waals surface area contributed by atoms with Gasteiger partial charge in [-0.15, -0.1) is 0 Å². The highest BCUT2D eigenvalue weighted by Gasteiger charge is 2.41. The van der Waals surface area contributed by atoms with Gasteiger partial charge in [0.15, 0.2) is 5.78 Å². The molecular weight excluding hydrogens is 212 g/mol. The number of rotatable bonds is 1. The lowest BCUT2D eigenvalue weighted by atomic mass is 9.91. The van der Waals surface area contributed by atoms with Crippen molar-refractivity contribution in [1.82, 2.24) is 0 Å². The Morgan fingerprint density at radius 1 is 1.67 bits per heavy atom. The maximum Gasteiger partial charge on any atom is 0.159 e. The van der Waals surface area contributed by atoms with Gasteiger partial charge < -0.3 is 5.11 Å². The molecule has 0 aromatic rings. The fourth-order valence-electron chi connectivity index (χ4n) is 2.17. The number of hydrogen-bond acceptors (Lipinski definition) is 3. The highest BCUT2D eigenvalue weighted by molar-refractivity contribution is 8.01. The maximum atomic E-state index is 12.1. The molecule has 1 fully saturated rings. The van der Waals surface area contributed by atoms with Gasteiger partial charge in [-0.2, -0.15) is 0 Å². The second-order valence-corrected chi connectivity index (χ2v) is 6.80. The van der Waals surface area contributed by atoms with Crippen molar-refractivity contribution in [2.75, 3.05) is 5.75 Å². The van der Waals surface area contributed by atoms with E-state index >= 15 is 0 Å². The van der Waals surface area contributed by atoms with Crippen molar-refractivity contribution in [3.05, 3.63) is 23.8 Å². The molecule has 15 heavy (non-hydrogen) atoms. The molecule has 2 rings (SSSR count). The largest absolute Gasteiger partial charge is 0.392 e. The van der Waals surface area contributed by atoms with Crippen molar-refractivity contribution in [2.45, 2.75) is 18.3 Å². The van der Waals surface area contributed by atoms with Crippen LogP contribution in [0, 0.1) is 5.92 Å². The lowest BCUT2D eigenvalue weighted by Gasteiger charge is -2.20. The number of ketones is 1. The Kier molecular flexibility index (Phi) is 2.35. The number of carbonyl (C=O) groups excluding carboxylic acids is 1. The molecule has 1 saturated heterocycles. The van der Waals surface area contributed by atoms with Crippen LogP contribution in [0.3, 0.4) is 0 Å². The number of aliphatic hydroxyl groups excluding tert-OH is 1. The summed E-state index contributed by atoms with van der Waals surface area (Å²) < 4.78 is 12.1. The third-order valence-electron chi connectivity index (χ3n) is 3.02. The first-order valence-corrected chi connectivity index (χ1v) is 6.80. The lowest BCUT2D eigenvalue weighted by molar-refractivity contribution is -0.113. The number of hydrogen-bond donors (Lipinski definition) is 1. The molecule has 2 aliphatic rings. The van der Waals surface area contributed by atoms with Gasteiger partial charge in [-0.25, -0.2) is 0 Å². The minimum absolute atomic E-state index is 0.0405. The molecule has 4 heteroatoms. The summed E-state index contributed by atoms with van der Waals surface area (Å²) in [6, 6.07) is 0. The van der Waals surface area contributed by atoms with E-state index in [1.807, 2.05) is 0 Å². The van der Waals surface area contributed by atoms with Crippen LogP contribution in [0.4, 0.5) is 0 Å². The minimum atomic E-state index is -2.29. The zero-order valence-electron chi connectivity index (χ0n) is 8.55. The first-order valence-electron chi connectivity index (χ1n) is 4.84. The molecule has 0 aromatic heterocycles. The summed E-state index contributed by atoms with van der Waals surface area (Å²) in [5, 5.41) is 9.42. The minimum Gasteiger partial charge on any atom is -0.392 e. The third-order valence-corrected chi connectivity index (χ3v) is 5.37. The average Bonchev–Trinajstić information content (AvgIpc) is 2.37. The van der Waals surface area contributed by atoms with Gasteiger partial charge in [0.1, 0.15) is 0 Å². The Bertz CT molecular complexity index is 456. The van der Waals surface area contributed by atoms with Gasteiger partial charge in [0.05, 0.1) is 11.4 Å². The fourth-order valence-corrected chi connectivity index (χ4v) is 4.43. The molecule has 1 N–H and O–H groups in total. The standard InChI is InChI=1S/C11H14O3S/c1-7(12)8-3-4-9-10(13)6-15(2,14)11(9)5-8/h3-5,9-11,13H,2,6H2,1H3. The first-order chi connectivity index (χ1) is 6.92. The van der Waals surface area contributed by atoms with Gasteiger partial charge >= 0.3 is 0 Å². The van der Waals surface area contributed by atoms with E-state index in [1.165, 1.54) is 6.92 Å². The SMILES string of the molecule is C=S1(=O)CC(O)C2C=CC(C(C)=O)=CC21. The van der Waals surface area contributed by atoms with E-state index in [4.69, 9.17) is 0 Å². The van der Waals surface area contributed by atoms with Gasteiger partial charge in [0.25, 0.3) is 0 Å². The molecule has 3 nitrogen and oxygen atoms in total. The average molecular weight is 226 g/mol. The molecule has 0 radical (unpaired) electrons. The zero-order chi connectivity index (χ0) is 11.2. The Morgan fingerprint density at radius 3 is 2.93 bits per heavy atom. The number of carbonyl (C=O) groups is 1. The van der Waals surface area contributed by atoms with Gasteiger partial charge in [0, 0.05) is 17.2 Å². The Labute approximate surface area is 89.5 Å². The van der Waals surface area contributed by atoms with Crippen LogP contribution in [-0.4, -0.2) is 38.1 Å². The first kappa shape index (κ1) is 10.6. The summed E-state index contributed by atoms with van der Waals surface area (Å²) in [4.78, 5) is 11.2. The Morgan fingerprint density at radius 2 is 2.33 bits per heavy atom. The molecule has 82 valence electrons. The summed E-state index contributed by atoms with van der Waals surface area (Å²) in [7, 11) is -2.29. The molecule has 4 atom stereocenters. The van der Waals surface area contributed by atoms with E-state index in [0.29, 0.717) is 5.57 Å². The van der Waals surface area contributed by atoms with E-state index in [2.05, 4.69) is 5.87 Å². The molecule has 1 heterocycles. The summed E-state index contributed by atoms with van der Waals surface area (Å²) in [5.41, 5.74) is 0.571. The number of fused-ring (bicyclic) bond motifs is 1. The highest BCUT2D eigenvalue weighted by Crippen LogP contribution is 2.33. The predicted molar refractivity (Wildman–Crippen MR) is 61.3 cm³/mol. The van der Waals surface area contributed by atoms with Crippen molar-refractivity contribution in [2.24, 2.45) is 5.92 Å². The van der Waals surface area contributed by atoms with E-state index in [-0.39, 0.29) is 22.7 Å². The third kappa shape index (κ3) is 1.68. The topological polar surface area (TPSA) is 54.4 Å². The van der Waals surface area contributed by atoms with Crippen LogP contribution in [0.25, 0.3) is 0 Å². The van der Waals surface area contributed by atoms with Crippen LogP contribution < -0.4 is 0 Å². The smallest absolute Gasteiger partial charge is 0.159 e. The zero-order valence-corrected chi connectivity index (χ0v) is 9.37. The van der Waals surface area contributed by atoms with Crippen LogP contribution in [0.5, 0.6) is 0 Å². The molecule has 0 aromatic carbocycles. The molecule has 4 unspecified atom stereocenters. The molecule has 0 saturated carbocycles. The van der Waals surface area contributed by atoms with Crippen LogP contribution in [0.15, 0.2) is 23.8 Å². The normalized spacial score (nSPS) is 43.6. The van der Waals surface area contributed by atoms with E-state index in [9.17, 15) is 14.1 Å². The van der Waals surface area contributed by atoms with Crippen molar-refractivity contribution in [3.63, 3.8) is 0 Å². The van der Waals surface area contributed by atoms with Gasteiger partial charge in [-0.05, 0) is 22.3 Å².